The quantitative estimate of drug-likeness (QED) is 0.664. The van der Waals surface area contributed by atoms with Crippen LogP contribution < -0.4 is 0 Å². The number of rotatable bonds is 3. The summed E-state index contributed by atoms with van der Waals surface area (Å²) >= 11 is 0. The molecule has 0 aliphatic rings. The molecule has 12 heavy (non-hydrogen) atoms. The lowest BCUT2D eigenvalue weighted by Crippen LogP contribution is -2.26. The third-order valence-electron chi connectivity index (χ3n) is 2.10. The zero-order valence-corrected chi connectivity index (χ0v) is 8.15. The van der Waals surface area contributed by atoms with E-state index in [0.717, 1.165) is 12.2 Å². The van der Waals surface area contributed by atoms with Crippen LogP contribution in [0.1, 0.15) is 19.5 Å². The van der Waals surface area contributed by atoms with Crippen molar-refractivity contribution in [1.82, 2.24) is 19.9 Å². The molecule has 0 saturated heterocycles. The summed E-state index contributed by atoms with van der Waals surface area (Å²) in [7, 11) is 4.01. The van der Waals surface area contributed by atoms with E-state index in [0.29, 0.717) is 6.04 Å². The van der Waals surface area contributed by atoms with Crippen molar-refractivity contribution < 1.29 is 0 Å². The highest BCUT2D eigenvalue weighted by molar-refractivity contribution is 4.92. The van der Waals surface area contributed by atoms with Gasteiger partial charge in [-0.2, -0.15) is 0 Å². The highest BCUT2D eigenvalue weighted by Gasteiger charge is 2.06. The zero-order chi connectivity index (χ0) is 9.14. The van der Waals surface area contributed by atoms with Gasteiger partial charge in [0, 0.05) is 19.6 Å². The predicted molar refractivity (Wildman–Crippen MR) is 47.6 cm³/mol. The van der Waals surface area contributed by atoms with E-state index in [1.54, 1.807) is 10.9 Å². The number of nitrogens with zero attached hydrogens (tertiary/aromatic N) is 4. The lowest BCUT2D eigenvalue weighted by Gasteiger charge is -2.20. The van der Waals surface area contributed by atoms with E-state index in [1.807, 2.05) is 7.05 Å². The maximum absolute atomic E-state index is 3.87. The van der Waals surface area contributed by atoms with Crippen molar-refractivity contribution in [3.8, 4) is 0 Å². The van der Waals surface area contributed by atoms with E-state index in [4.69, 9.17) is 0 Å². The van der Waals surface area contributed by atoms with Crippen molar-refractivity contribution in [3.63, 3.8) is 0 Å². The fraction of sp³-hybridized carbons (Fsp3) is 0.750. The molecule has 0 aliphatic carbocycles. The average Bonchev–Trinajstić information content (AvgIpc) is 2.36. The van der Waals surface area contributed by atoms with Crippen molar-refractivity contribution in [2.75, 3.05) is 7.05 Å². The minimum absolute atomic E-state index is 0.555. The van der Waals surface area contributed by atoms with Gasteiger partial charge in [0.05, 0.1) is 11.9 Å². The van der Waals surface area contributed by atoms with Crippen LogP contribution in [0.2, 0.25) is 0 Å². The van der Waals surface area contributed by atoms with Crippen LogP contribution in [-0.2, 0) is 13.6 Å². The molecule has 0 atom stereocenters. The lowest BCUT2D eigenvalue weighted by atomic mass is 10.3. The summed E-state index contributed by atoms with van der Waals surface area (Å²) in [5, 5.41) is 7.69. The van der Waals surface area contributed by atoms with Crippen LogP contribution in [0.25, 0.3) is 0 Å². The Morgan fingerprint density at radius 3 is 2.67 bits per heavy atom. The molecule has 0 saturated carbocycles. The Balaban J connectivity index is 2.58. The number of aromatic nitrogens is 3. The molecule has 1 rings (SSSR count). The second kappa shape index (κ2) is 3.67. The summed E-state index contributed by atoms with van der Waals surface area (Å²) < 4.78 is 1.80. The van der Waals surface area contributed by atoms with Gasteiger partial charge in [-0.25, -0.2) is 0 Å². The number of hydrogen-bond acceptors (Lipinski definition) is 3. The molecule has 1 aromatic rings. The molecule has 0 aromatic carbocycles. The van der Waals surface area contributed by atoms with Crippen LogP contribution in [0.15, 0.2) is 6.20 Å². The van der Waals surface area contributed by atoms with E-state index in [2.05, 4.69) is 36.1 Å². The standard InChI is InChI=1S/C8H16N4/c1-7(2)11(3)6-8-5-9-10-12(8)4/h5,7H,6H2,1-4H3. The summed E-state index contributed by atoms with van der Waals surface area (Å²) in [6, 6.07) is 0.555. The average molecular weight is 168 g/mol. The molecule has 0 N–H and O–H groups in total. The van der Waals surface area contributed by atoms with E-state index < -0.39 is 0 Å². The van der Waals surface area contributed by atoms with Crippen LogP contribution in [-0.4, -0.2) is 33.0 Å². The monoisotopic (exact) mass is 168 g/mol. The van der Waals surface area contributed by atoms with E-state index in [-0.39, 0.29) is 0 Å². The van der Waals surface area contributed by atoms with Gasteiger partial charge in [0.2, 0.25) is 0 Å². The second-order valence-corrected chi connectivity index (χ2v) is 3.36. The third-order valence-corrected chi connectivity index (χ3v) is 2.10. The molecule has 68 valence electrons. The minimum atomic E-state index is 0.555. The molecule has 0 fully saturated rings. The minimum Gasteiger partial charge on any atom is -0.298 e. The zero-order valence-electron chi connectivity index (χ0n) is 8.15. The summed E-state index contributed by atoms with van der Waals surface area (Å²) in [6.07, 6.45) is 1.80. The SMILES string of the molecule is CC(C)N(C)Cc1cnnn1C. The van der Waals surface area contributed by atoms with Crippen molar-refractivity contribution in [2.45, 2.75) is 26.4 Å². The maximum atomic E-state index is 3.87. The molecule has 0 aliphatic heterocycles. The molecular weight excluding hydrogens is 152 g/mol. The highest BCUT2D eigenvalue weighted by Crippen LogP contribution is 2.02. The third kappa shape index (κ3) is 2.04. The molecule has 0 unspecified atom stereocenters. The van der Waals surface area contributed by atoms with Gasteiger partial charge in [0.25, 0.3) is 0 Å². The van der Waals surface area contributed by atoms with Gasteiger partial charge in [-0.15, -0.1) is 5.10 Å². The lowest BCUT2D eigenvalue weighted by molar-refractivity contribution is 0.259. The van der Waals surface area contributed by atoms with Crippen LogP contribution >= 0.6 is 0 Å². The van der Waals surface area contributed by atoms with E-state index >= 15 is 0 Å². The van der Waals surface area contributed by atoms with Gasteiger partial charge >= 0.3 is 0 Å². The Morgan fingerprint density at radius 2 is 2.25 bits per heavy atom. The van der Waals surface area contributed by atoms with Gasteiger partial charge in [-0.1, -0.05) is 5.21 Å². The first-order chi connectivity index (χ1) is 5.61. The predicted octanol–water partition coefficient (Wildman–Crippen LogP) is 0.655. The number of aryl methyl sites for hydroxylation is 1. The Kier molecular flexibility index (Phi) is 2.81. The Morgan fingerprint density at radius 1 is 1.58 bits per heavy atom. The highest BCUT2D eigenvalue weighted by atomic mass is 15.4. The molecule has 0 amide bonds. The summed E-state index contributed by atoms with van der Waals surface area (Å²) in [4.78, 5) is 2.25. The molecular formula is C8H16N4. The summed E-state index contributed by atoms with van der Waals surface area (Å²) in [5.74, 6) is 0. The van der Waals surface area contributed by atoms with Gasteiger partial charge in [0.15, 0.2) is 0 Å². The van der Waals surface area contributed by atoms with Crippen LogP contribution in [0, 0.1) is 0 Å². The first kappa shape index (κ1) is 9.19. The Labute approximate surface area is 73.2 Å². The first-order valence-electron chi connectivity index (χ1n) is 4.15. The van der Waals surface area contributed by atoms with Crippen molar-refractivity contribution in [2.24, 2.45) is 7.05 Å². The van der Waals surface area contributed by atoms with E-state index in [9.17, 15) is 0 Å². The molecule has 1 aromatic heterocycles. The van der Waals surface area contributed by atoms with Crippen LogP contribution in [0.4, 0.5) is 0 Å². The maximum Gasteiger partial charge on any atom is 0.0738 e. The summed E-state index contributed by atoms with van der Waals surface area (Å²) in [5.41, 5.74) is 1.14. The smallest absolute Gasteiger partial charge is 0.0738 e. The molecule has 0 radical (unpaired) electrons. The second-order valence-electron chi connectivity index (χ2n) is 3.36. The summed E-state index contributed by atoms with van der Waals surface area (Å²) in [6.45, 7) is 5.24. The van der Waals surface area contributed by atoms with Gasteiger partial charge < -0.3 is 0 Å². The van der Waals surface area contributed by atoms with E-state index in [1.165, 1.54) is 0 Å². The number of hydrogen-bond donors (Lipinski definition) is 0. The molecule has 0 bridgehead atoms. The topological polar surface area (TPSA) is 34.0 Å². The van der Waals surface area contributed by atoms with Gasteiger partial charge in [-0.3, -0.25) is 9.58 Å². The molecule has 0 spiro atoms. The normalized spacial score (nSPS) is 11.5. The van der Waals surface area contributed by atoms with Crippen LogP contribution in [0.3, 0.4) is 0 Å². The largest absolute Gasteiger partial charge is 0.298 e. The van der Waals surface area contributed by atoms with Crippen LogP contribution in [0.5, 0.6) is 0 Å². The molecule has 4 nitrogen and oxygen atoms in total. The fourth-order valence-corrected chi connectivity index (χ4v) is 0.892. The van der Waals surface area contributed by atoms with Gasteiger partial charge in [-0.05, 0) is 20.9 Å². The Hall–Kier alpha value is -0.900. The molecule has 1 heterocycles. The fourth-order valence-electron chi connectivity index (χ4n) is 0.892. The first-order valence-corrected chi connectivity index (χ1v) is 4.15. The Bertz CT molecular complexity index is 241. The van der Waals surface area contributed by atoms with Gasteiger partial charge in [0.1, 0.15) is 0 Å². The molecule has 4 heteroatoms. The van der Waals surface area contributed by atoms with Crippen molar-refractivity contribution >= 4 is 0 Å². The van der Waals surface area contributed by atoms with Crippen molar-refractivity contribution in [3.05, 3.63) is 11.9 Å². The van der Waals surface area contributed by atoms with Crippen molar-refractivity contribution in [1.29, 1.82) is 0 Å².